The molecule has 15 heavy (non-hydrogen) atoms. The van der Waals surface area contributed by atoms with Gasteiger partial charge in [-0.25, -0.2) is 5.01 Å². The van der Waals surface area contributed by atoms with Gasteiger partial charge < -0.3 is 10.6 Å². The average Bonchev–Trinajstić information content (AvgIpc) is 2.21. The van der Waals surface area contributed by atoms with Gasteiger partial charge in [-0.15, -0.1) is 0 Å². The Morgan fingerprint density at radius 2 is 1.93 bits per heavy atom. The molecule has 1 aliphatic heterocycles. The summed E-state index contributed by atoms with van der Waals surface area (Å²) in [7, 11) is 2.08. The quantitative estimate of drug-likeness (QED) is 0.658. The molecule has 1 saturated heterocycles. The number of likely N-dealkylation sites (N-methyl/N-ethyl adjacent to an activating group) is 1. The Labute approximate surface area is 91.6 Å². The minimum atomic E-state index is -0.761. The largest absolute Gasteiger partial charge is 0.318 e. The van der Waals surface area contributed by atoms with Crippen LogP contribution in [0.5, 0.6) is 0 Å². The number of nitrogens with two attached hydrogens (primary N) is 1. The number of carbonyl (C=O) groups excluding carboxylic acids is 1. The molecule has 0 bridgehead atoms. The van der Waals surface area contributed by atoms with Crippen LogP contribution in [0.3, 0.4) is 0 Å². The molecular formula is C10H22N4O. The van der Waals surface area contributed by atoms with E-state index in [1.54, 1.807) is 6.92 Å². The highest BCUT2D eigenvalue weighted by molar-refractivity contribution is 5.85. The maximum atomic E-state index is 11.8. The Morgan fingerprint density at radius 3 is 2.40 bits per heavy atom. The summed E-state index contributed by atoms with van der Waals surface area (Å²) < 4.78 is 0. The fourth-order valence-electron chi connectivity index (χ4n) is 1.35. The summed E-state index contributed by atoms with van der Waals surface area (Å²) in [5, 5.41) is 1.95. The maximum Gasteiger partial charge on any atom is 0.254 e. The highest BCUT2D eigenvalue weighted by Crippen LogP contribution is 2.05. The molecule has 0 spiro atoms. The number of piperazine rings is 1. The molecule has 0 saturated carbocycles. The first-order valence-electron chi connectivity index (χ1n) is 5.49. The lowest BCUT2D eigenvalue weighted by molar-refractivity contribution is -0.131. The molecule has 0 aliphatic carbocycles. The Kier molecular flexibility index (Phi) is 4.07. The molecule has 1 atom stereocenters. The Bertz CT molecular complexity index is 221. The van der Waals surface area contributed by atoms with Crippen LogP contribution >= 0.6 is 0 Å². The monoisotopic (exact) mass is 214 g/mol. The van der Waals surface area contributed by atoms with Crippen molar-refractivity contribution in [1.29, 1.82) is 0 Å². The zero-order valence-electron chi connectivity index (χ0n) is 9.92. The van der Waals surface area contributed by atoms with Gasteiger partial charge in [-0.1, -0.05) is 6.92 Å². The van der Waals surface area contributed by atoms with Gasteiger partial charge in [-0.05, 0) is 20.4 Å². The highest BCUT2D eigenvalue weighted by atomic mass is 16.2. The molecule has 1 heterocycles. The molecule has 5 heteroatoms. The third kappa shape index (κ3) is 3.44. The number of hydrogen-bond acceptors (Lipinski definition) is 4. The number of nitrogens with zero attached hydrogens (tertiary/aromatic N) is 2. The van der Waals surface area contributed by atoms with Crippen molar-refractivity contribution in [3.05, 3.63) is 0 Å². The lowest BCUT2D eigenvalue weighted by Gasteiger charge is -2.34. The van der Waals surface area contributed by atoms with Crippen LogP contribution in [0.15, 0.2) is 0 Å². The maximum absolute atomic E-state index is 11.8. The van der Waals surface area contributed by atoms with Gasteiger partial charge >= 0.3 is 0 Å². The Balaban J connectivity index is 2.39. The van der Waals surface area contributed by atoms with E-state index >= 15 is 0 Å². The second-order valence-electron chi connectivity index (χ2n) is 4.50. The van der Waals surface area contributed by atoms with Crippen LogP contribution in [-0.4, -0.2) is 54.6 Å². The topological polar surface area (TPSA) is 61.6 Å². The molecule has 0 aromatic heterocycles. The van der Waals surface area contributed by atoms with Crippen LogP contribution in [0.2, 0.25) is 0 Å². The second kappa shape index (κ2) is 4.92. The summed E-state index contributed by atoms with van der Waals surface area (Å²) in [5.41, 5.74) is 7.97. The van der Waals surface area contributed by atoms with Crippen molar-refractivity contribution < 1.29 is 4.79 Å². The molecule has 3 N–H and O–H groups in total. The smallest absolute Gasteiger partial charge is 0.254 e. The minimum Gasteiger partial charge on any atom is -0.318 e. The summed E-state index contributed by atoms with van der Waals surface area (Å²) in [6.45, 7) is 7.37. The molecule has 1 unspecified atom stereocenters. The fourth-order valence-corrected chi connectivity index (χ4v) is 1.35. The predicted octanol–water partition coefficient (Wildman–Crippen LogP) is -0.608. The normalized spacial score (nSPS) is 23.5. The van der Waals surface area contributed by atoms with E-state index in [0.717, 1.165) is 26.2 Å². The molecule has 88 valence electrons. The van der Waals surface area contributed by atoms with Crippen LogP contribution in [0.25, 0.3) is 0 Å². The summed E-state index contributed by atoms with van der Waals surface area (Å²) in [4.78, 5) is 14.0. The Morgan fingerprint density at radius 1 is 1.40 bits per heavy atom. The van der Waals surface area contributed by atoms with Gasteiger partial charge in [-0.3, -0.25) is 10.2 Å². The van der Waals surface area contributed by atoms with E-state index in [1.165, 1.54) is 0 Å². The molecule has 1 amide bonds. The number of nitrogens with one attached hydrogen (secondary N) is 1. The van der Waals surface area contributed by atoms with Gasteiger partial charge in [0.2, 0.25) is 0 Å². The van der Waals surface area contributed by atoms with Crippen LogP contribution < -0.4 is 11.2 Å². The lowest BCUT2D eigenvalue weighted by atomic mass is 10.0. The lowest BCUT2D eigenvalue weighted by Crippen LogP contribution is -2.59. The SMILES string of the molecule is CCC(C)(N)C(=O)NN1CCN(C)CC1. The molecule has 5 nitrogen and oxygen atoms in total. The van der Waals surface area contributed by atoms with Gasteiger partial charge in [-0.2, -0.15) is 0 Å². The van der Waals surface area contributed by atoms with Gasteiger partial charge in [0.15, 0.2) is 0 Å². The van der Waals surface area contributed by atoms with Crippen LogP contribution in [0.1, 0.15) is 20.3 Å². The minimum absolute atomic E-state index is 0.0884. The summed E-state index contributed by atoms with van der Waals surface area (Å²) in [6, 6.07) is 0. The molecular weight excluding hydrogens is 192 g/mol. The van der Waals surface area contributed by atoms with Crippen LogP contribution in [0.4, 0.5) is 0 Å². The number of hydrazine groups is 1. The molecule has 0 aromatic carbocycles. The number of carbonyl (C=O) groups is 1. The average molecular weight is 214 g/mol. The van der Waals surface area contributed by atoms with Gasteiger partial charge in [0.25, 0.3) is 5.91 Å². The standard InChI is InChI=1S/C10H22N4O/c1-4-10(2,11)9(15)12-14-7-5-13(3)6-8-14/h4-8,11H2,1-3H3,(H,12,15). The van der Waals surface area contributed by atoms with Crippen LogP contribution in [-0.2, 0) is 4.79 Å². The van der Waals surface area contributed by atoms with E-state index in [4.69, 9.17) is 5.73 Å². The first-order valence-corrected chi connectivity index (χ1v) is 5.49. The van der Waals surface area contributed by atoms with Crippen molar-refractivity contribution >= 4 is 5.91 Å². The van der Waals surface area contributed by atoms with Crippen molar-refractivity contribution in [1.82, 2.24) is 15.3 Å². The molecule has 1 rings (SSSR count). The van der Waals surface area contributed by atoms with Crippen molar-refractivity contribution in [2.45, 2.75) is 25.8 Å². The number of hydrogen-bond donors (Lipinski definition) is 2. The van der Waals surface area contributed by atoms with E-state index < -0.39 is 5.54 Å². The van der Waals surface area contributed by atoms with E-state index in [0.29, 0.717) is 6.42 Å². The fraction of sp³-hybridized carbons (Fsp3) is 0.900. The highest BCUT2D eigenvalue weighted by Gasteiger charge is 2.28. The molecule has 0 aromatic rings. The second-order valence-corrected chi connectivity index (χ2v) is 4.50. The zero-order valence-corrected chi connectivity index (χ0v) is 9.92. The summed E-state index contributed by atoms with van der Waals surface area (Å²) in [5.74, 6) is -0.0884. The summed E-state index contributed by atoms with van der Waals surface area (Å²) >= 11 is 0. The van der Waals surface area contributed by atoms with E-state index in [1.807, 2.05) is 11.9 Å². The third-order valence-corrected chi connectivity index (χ3v) is 3.02. The van der Waals surface area contributed by atoms with Gasteiger partial charge in [0.1, 0.15) is 0 Å². The first-order chi connectivity index (χ1) is 6.95. The van der Waals surface area contributed by atoms with E-state index in [9.17, 15) is 4.79 Å². The van der Waals surface area contributed by atoms with Crippen molar-refractivity contribution in [3.8, 4) is 0 Å². The Hall–Kier alpha value is -0.650. The first kappa shape index (κ1) is 12.4. The third-order valence-electron chi connectivity index (χ3n) is 3.02. The van der Waals surface area contributed by atoms with E-state index in [2.05, 4.69) is 17.4 Å². The van der Waals surface area contributed by atoms with E-state index in [-0.39, 0.29) is 5.91 Å². The zero-order chi connectivity index (χ0) is 11.5. The van der Waals surface area contributed by atoms with Crippen LogP contribution in [0, 0.1) is 0 Å². The van der Waals surface area contributed by atoms with Gasteiger partial charge in [0, 0.05) is 26.2 Å². The van der Waals surface area contributed by atoms with Crippen molar-refractivity contribution in [3.63, 3.8) is 0 Å². The number of rotatable bonds is 3. The predicted molar refractivity (Wildman–Crippen MR) is 60.1 cm³/mol. The van der Waals surface area contributed by atoms with Crippen molar-refractivity contribution in [2.24, 2.45) is 5.73 Å². The summed E-state index contributed by atoms with van der Waals surface area (Å²) in [6.07, 6.45) is 0.645. The molecule has 1 fully saturated rings. The molecule has 0 radical (unpaired) electrons. The molecule has 1 aliphatic rings. The number of amides is 1. The van der Waals surface area contributed by atoms with Crippen molar-refractivity contribution in [2.75, 3.05) is 33.2 Å². The van der Waals surface area contributed by atoms with Gasteiger partial charge in [0.05, 0.1) is 5.54 Å².